The summed E-state index contributed by atoms with van der Waals surface area (Å²) in [6.45, 7) is 1.13. The highest BCUT2D eigenvalue weighted by atomic mass is 19.1. The van der Waals surface area contributed by atoms with Crippen molar-refractivity contribution in [2.24, 2.45) is 0 Å². The van der Waals surface area contributed by atoms with Crippen LogP contribution in [0.15, 0.2) is 24.3 Å². The van der Waals surface area contributed by atoms with Crippen molar-refractivity contribution in [1.82, 2.24) is 0 Å². The van der Waals surface area contributed by atoms with Crippen molar-refractivity contribution in [2.45, 2.75) is 25.2 Å². The highest BCUT2D eigenvalue weighted by molar-refractivity contribution is 5.17. The summed E-state index contributed by atoms with van der Waals surface area (Å²) in [6, 6.07) is 6.46. The smallest absolute Gasteiger partial charge is 0.160 e. The lowest BCUT2D eigenvalue weighted by Crippen LogP contribution is -2.20. The van der Waals surface area contributed by atoms with Crippen molar-refractivity contribution >= 4 is 0 Å². The number of hydrogen-bond acceptors (Lipinski definition) is 3. The zero-order chi connectivity index (χ0) is 11.4. The van der Waals surface area contributed by atoms with Crippen LogP contribution in [0, 0.1) is 5.82 Å². The summed E-state index contributed by atoms with van der Waals surface area (Å²) in [5.74, 6) is -0.283. The topological polar surface area (TPSA) is 38.7 Å². The van der Waals surface area contributed by atoms with Gasteiger partial charge in [-0.25, -0.2) is 4.39 Å². The van der Waals surface area contributed by atoms with Gasteiger partial charge in [0, 0.05) is 12.8 Å². The molecule has 4 heteroatoms. The molecule has 1 fully saturated rings. The van der Waals surface area contributed by atoms with E-state index in [1.807, 2.05) is 0 Å². The third-order valence-corrected chi connectivity index (χ3v) is 2.57. The largest absolute Gasteiger partial charge is 0.393 e. The minimum absolute atomic E-state index is 0.283. The standard InChI is InChI=1S/C12H15FO3/c13-11-4-2-1-3-9(11)7-10(14)8-12-15-5-6-16-12/h1-4,10,12,14H,5-8H2. The van der Waals surface area contributed by atoms with E-state index in [4.69, 9.17) is 9.47 Å². The highest BCUT2D eigenvalue weighted by Crippen LogP contribution is 2.15. The number of hydrogen-bond donors (Lipinski definition) is 1. The molecule has 1 atom stereocenters. The quantitative estimate of drug-likeness (QED) is 0.845. The molecule has 0 spiro atoms. The number of rotatable bonds is 4. The first-order chi connectivity index (χ1) is 7.75. The van der Waals surface area contributed by atoms with E-state index in [0.29, 0.717) is 25.2 Å². The van der Waals surface area contributed by atoms with E-state index in [1.54, 1.807) is 18.2 Å². The van der Waals surface area contributed by atoms with Crippen LogP contribution in [-0.2, 0) is 15.9 Å². The predicted molar refractivity (Wildman–Crippen MR) is 56.4 cm³/mol. The predicted octanol–water partition coefficient (Wildman–Crippen LogP) is 1.49. The van der Waals surface area contributed by atoms with Crippen molar-refractivity contribution < 1.29 is 19.0 Å². The lowest BCUT2D eigenvalue weighted by Gasteiger charge is -2.15. The Morgan fingerprint density at radius 1 is 1.31 bits per heavy atom. The number of aliphatic hydroxyl groups is 1. The lowest BCUT2D eigenvalue weighted by molar-refractivity contribution is -0.0699. The van der Waals surface area contributed by atoms with Gasteiger partial charge in [0.25, 0.3) is 0 Å². The lowest BCUT2D eigenvalue weighted by atomic mass is 10.1. The maximum Gasteiger partial charge on any atom is 0.160 e. The molecule has 2 rings (SSSR count). The number of ether oxygens (including phenoxy) is 2. The molecule has 1 heterocycles. The van der Waals surface area contributed by atoms with E-state index < -0.39 is 6.10 Å². The van der Waals surface area contributed by atoms with Gasteiger partial charge in [-0.1, -0.05) is 18.2 Å². The van der Waals surface area contributed by atoms with Crippen LogP contribution in [0.3, 0.4) is 0 Å². The summed E-state index contributed by atoms with van der Waals surface area (Å²) in [5, 5.41) is 9.76. The zero-order valence-corrected chi connectivity index (χ0v) is 8.93. The van der Waals surface area contributed by atoms with Gasteiger partial charge < -0.3 is 14.6 Å². The number of halogens is 1. The molecule has 3 nitrogen and oxygen atoms in total. The molecule has 1 aliphatic heterocycles. The van der Waals surface area contributed by atoms with E-state index >= 15 is 0 Å². The Balaban J connectivity index is 1.86. The third kappa shape index (κ3) is 3.01. The first kappa shape index (κ1) is 11.5. The van der Waals surface area contributed by atoms with E-state index in [-0.39, 0.29) is 18.5 Å². The van der Waals surface area contributed by atoms with Crippen LogP contribution in [0.4, 0.5) is 4.39 Å². The van der Waals surface area contributed by atoms with Gasteiger partial charge in [-0.2, -0.15) is 0 Å². The Kier molecular flexibility index (Phi) is 3.88. The molecule has 1 N–H and O–H groups in total. The fourth-order valence-electron chi connectivity index (χ4n) is 1.77. The molecule has 1 aromatic carbocycles. The van der Waals surface area contributed by atoms with E-state index in [1.165, 1.54) is 6.07 Å². The zero-order valence-electron chi connectivity index (χ0n) is 8.93. The molecule has 1 aliphatic rings. The Bertz CT molecular complexity index is 337. The molecule has 16 heavy (non-hydrogen) atoms. The summed E-state index contributed by atoms with van der Waals surface area (Å²) in [7, 11) is 0. The average Bonchev–Trinajstić information content (AvgIpc) is 2.74. The maximum absolute atomic E-state index is 13.3. The number of aliphatic hydroxyl groups excluding tert-OH is 1. The second-order valence-corrected chi connectivity index (χ2v) is 3.86. The van der Waals surface area contributed by atoms with Crippen molar-refractivity contribution in [2.75, 3.05) is 13.2 Å². The Hall–Kier alpha value is -0.970. The van der Waals surface area contributed by atoms with Gasteiger partial charge in [0.1, 0.15) is 5.82 Å². The van der Waals surface area contributed by atoms with E-state index in [0.717, 1.165) is 0 Å². The minimum Gasteiger partial charge on any atom is -0.393 e. The molecule has 0 aliphatic carbocycles. The van der Waals surface area contributed by atoms with Gasteiger partial charge >= 0.3 is 0 Å². The summed E-state index contributed by atoms with van der Waals surface area (Å²) in [4.78, 5) is 0. The van der Waals surface area contributed by atoms with Crippen molar-refractivity contribution in [1.29, 1.82) is 0 Å². The average molecular weight is 226 g/mol. The third-order valence-electron chi connectivity index (χ3n) is 2.57. The monoisotopic (exact) mass is 226 g/mol. The molecule has 1 unspecified atom stereocenters. The fourth-order valence-corrected chi connectivity index (χ4v) is 1.77. The summed E-state index contributed by atoms with van der Waals surface area (Å²) < 4.78 is 23.7. The van der Waals surface area contributed by atoms with Crippen molar-refractivity contribution in [3.05, 3.63) is 35.6 Å². The molecule has 0 bridgehead atoms. The van der Waals surface area contributed by atoms with Crippen LogP contribution in [-0.4, -0.2) is 30.7 Å². The van der Waals surface area contributed by atoms with Gasteiger partial charge in [0.2, 0.25) is 0 Å². The number of benzene rings is 1. The molecule has 1 saturated heterocycles. The Labute approximate surface area is 93.8 Å². The van der Waals surface area contributed by atoms with E-state index in [9.17, 15) is 9.50 Å². The highest BCUT2D eigenvalue weighted by Gasteiger charge is 2.20. The fraction of sp³-hybridized carbons (Fsp3) is 0.500. The summed E-state index contributed by atoms with van der Waals surface area (Å²) >= 11 is 0. The normalized spacial score (nSPS) is 18.9. The van der Waals surface area contributed by atoms with Gasteiger partial charge in [0.15, 0.2) is 6.29 Å². The van der Waals surface area contributed by atoms with Crippen LogP contribution in [0.25, 0.3) is 0 Å². The Morgan fingerprint density at radius 2 is 2.00 bits per heavy atom. The molecular formula is C12H15FO3. The van der Waals surface area contributed by atoms with Crippen molar-refractivity contribution in [3.63, 3.8) is 0 Å². The van der Waals surface area contributed by atoms with Crippen LogP contribution in [0.5, 0.6) is 0 Å². The Morgan fingerprint density at radius 3 is 2.69 bits per heavy atom. The van der Waals surface area contributed by atoms with Crippen LogP contribution in [0.2, 0.25) is 0 Å². The van der Waals surface area contributed by atoms with Gasteiger partial charge in [-0.05, 0) is 11.6 Å². The molecule has 0 amide bonds. The molecule has 1 aromatic rings. The maximum atomic E-state index is 13.3. The van der Waals surface area contributed by atoms with Gasteiger partial charge in [-0.15, -0.1) is 0 Å². The molecule has 88 valence electrons. The molecule has 0 aromatic heterocycles. The second kappa shape index (κ2) is 5.39. The summed E-state index contributed by atoms with van der Waals surface area (Å²) in [6.07, 6.45) is -0.314. The molecule has 0 radical (unpaired) electrons. The van der Waals surface area contributed by atoms with Crippen LogP contribution < -0.4 is 0 Å². The van der Waals surface area contributed by atoms with Gasteiger partial charge in [-0.3, -0.25) is 0 Å². The van der Waals surface area contributed by atoms with Crippen LogP contribution >= 0.6 is 0 Å². The first-order valence-corrected chi connectivity index (χ1v) is 5.40. The van der Waals surface area contributed by atoms with Crippen LogP contribution in [0.1, 0.15) is 12.0 Å². The first-order valence-electron chi connectivity index (χ1n) is 5.40. The summed E-state index contributed by atoms with van der Waals surface area (Å²) in [5.41, 5.74) is 0.521. The minimum atomic E-state index is -0.639. The SMILES string of the molecule is OC(Cc1ccccc1F)CC1OCCO1. The molecular weight excluding hydrogens is 211 g/mol. The second-order valence-electron chi connectivity index (χ2n) is 3.86. The van der Waals surface area contributed by atoms with Crippen molar-refractivity contribution in [3.8, 4) is 0 Å². The van der Waals surface area contributed by atoms with E-state index in [2.05, 4.69) is 0 Å². The van der Waals surface area contributed by atoms with Gasteiger partial charge in [0.05, 0.1) is 19.3 Å². The molecule has 0 saturated carbocycles.